The number of carboxylic acid groups (broad SMARTS) is 2. The maximum Gasteiger partial charge on any atom is 0.303 e. The minimum Gasteiger partial charge on any atom is -0.483 e. The Kier molecular flexibility index (Phi) is 26.9. The Hall–Kier alpha value is -3.03. The molecule has 20 nitrogen and oxygen atoms in total. The number of aliphatic hydroxyl groups is 11. The van der Waals surface area contributed by atoms with Crippen LogP contribution in [0.25, 0.3) is 0 Å². The van der Waals surface area contributed by atoms with Crippen LogP contribution in [-0.4, -0.2) is 173 Å². The van der Waals surface area contributed by atoms with Crippen LogP contribution in [-0.2, 0) is 30.5 Å². The molecule has 2 aliphatic heterocycles. The van der Waals surface area contributed by atoms with Gasteiger partial charge in [0, 0.05) is 6.42 Å². The lowest BCUT2D eigenvalue weighted by Crippen LogP contribution is -2.58. The molecule has 2 saturated heterocycles. The smallest absolute Gasteiger partial charge is 0.303 e. The second-order valence-corrected chi connectivity index (χ2v) is 8.78. The van der Waals surface area contributed by atoms with Crippen molar-refractivity contribution in [1.29, 1.82) is 0 Å². The van der Waals surface area contributed by atoms with Crippen LogP contribution in [0.3, 0.4) is 0 Å². The fourth-order valence-electron chi connectivity index (χ4n) is 3.06. The molecule has 46 heavy (non-hydrogen) atoms. The minimum atomic E-state index is -2.16. The summed E-state index contributed by atoms with van der Waals surface area (Å²) in [5.41, 5.74) is 0. The van der Waals surface area contributed by atoms with Gasteiger partial charge in [0.2, 0.25) is 5.79 Å². The van der Waals surface area contributed by atoms with E-state index in [1.807, 2.05) is 0 Å². The molecule has 1 aromatic heterocycles. The predicted molar refractivity (Wildman–Crippen MR) is 145 cm³/mol. The highest BCUT2D eigenvalue weighted by atomic mass is 19.1. The first kappa shape index (κ1) is 47.4. The van der Waals surface area contributed by atoms with E-state index < -0.39 is 80.6 Å². The second-order valence-electron chi connectivity index (χ2n) is 8.78. The van der Waals surface area contributed by atoms with Gasteiger partial charge < -0.3 is 85.1 Å². The van der Waals surface area contributed by atoms with Gasteiger partial charge in [-0.2, -0.15) is 0 Å². The number of halogens is 1. The molecular formula is C25H43FO20. The van der Waals surface area contributed by atoms with E-state index in [1.54, 1.807) is 6.07 Å². The number of aldehydes is 1. The van der Waals surface area contributed by atoms with Gasteiger partial charge in [0.15, 0.2) is 18.3 Å². The Bertz CT molecular complexity index is 936. The summed E-state index contributed by atoms with van der Waals surface area (Å²) in [6, 6.07) is 3.07. The van der Waals surface area contributed by atoms with Crippen LogP contribution in [0.1, 0.15) is 36.1 Å². The Labute approximate surface area is 260 Å². The van der Waals surface area contributed by atoms with E-state index in [0.717, 1.165) is 0 Å². The molecular weight excluding hydrogens is 639 g/mol. The fraction of sp³-hybridized carbons (Fsp3) is 0.680. The normalized spacial score (nSPS) is 29.2. The number of carbonyl (C=O) groups is 4. The Morgan fingerprint density at radius 3 is 1.67 bits per heavy atom. The summed E-state index contributed by atoms with van der Waals surface area (Å²) in [5.74, 6) is -2.49. The average molecular weight is 683 g/mol. The average Bonchev–Trinajstić information content (AvgIpc) is 3.61. The molecule has 0 aliphatic carbocycles. The lowest BCUT2D eigenvalue weighted by molar-refractivity contribution is -0.286. The zero-order valence-corrected chi connectivity index (χ0v) is 24.7. The number of hydrogen-bond donors (Lipinski definition) is 13. The van der Waals surface area contributed by atoms with Crippen LogP contribution in [0, 0.1) is 0 Å². The van der Waals surface area contributed by atoms with Crippen molar-refractivity contribution >= 4 is 24.5 Å². The minimum absolute atomic E-state index is 0.0463. The van der Waals surface area contributed by atoms with Crippen LogP contribution in [0.4, 0.5) is 4.39 Å². The molecule has 1 aromatic rings. The second kappa shape index (κ2) is 26.1. The topological polar surface area (TPSA) is 363 Å². The highest BCUT2D eigenvalue weighted by Gasteiger charge is 2.52. The maximum atomic E-state index is 10.1. The van der Waals surface area contributed by atoms with E-state index in [4.69, 9.17) is 70.5 Å². The van der Waals surface area contributed by atoms with Crippen molar-refractivity contribution in [1.82, 2.24) is 0 Å². The van der Waals surface area contributed by atoms with Crippen molar-refractivity contribution in [3.05, 3.63) is 23.7 Å². The quantitative estimate of drug-likeness (QED) is 0.114. The number of hydrogen-bond acceptors (Lipinski definition) is 18. The summed E-state index contributed by atoms with van der Waals surface area (Å²) in [7, 11) is 0.500. The third-order valence-electron chi connectivity index (χ3n) is 5.44. The van der Waals surface area contributed by atoms with Crippen LogP contribution >= 0.6 is 0 Å². The third kappa shape index (κ3) is 17.6. The molecule has 270 valence electrons. The predicted octanol–water partition coefficient (Wildman–Crippen LogP) is -5.13. The number of carboxylic acids is 1. The number of aliphatic hydroxyl groups excluding tert-OH is 10. The molecule has 2 fully saturated rings. The number of ether oxygens (including phenoxy) is 2. The van der Waals surface area contributed by atoms with Gasteiger partial charge in [-0.3, -0.25) is 18.8 Å². The maximum absolute atomic E-state index is 10.1. The van der Waals surface area contributed by atoms with Crippen LogP contribution in [0.5, 0.6) is 0 Å². The molecule has 0 radical (unpaired) electrons. The Morgan fingerprint density at radius 2 is 1.39 bits per heavy atom. The first-order chi connectivity index (χ1) is 21.5. The number of aliphatic carboxylic acids is 1. The van der Waals surface area contributed by atoms with Gasteiger partial charge in [-0.05, 0) is 19.1 Å². The highest BCUT2D eigenvalue weighted by Crippen LogP contribution is 2.28. The van der Waals surface area contributed by atoms with Crippen molar-refractivity contribution in [2.45, 2.75) is 81.2 Å². The van der Waals surface area contributed by atoms with Gasteiger partial charge in [-0.1, -0.05) is 0 Å². The lowest BCUT2D eigenvalue weighted by Gasteiger charge is -2.37. The number of Topliss-reactive ketones (excluding diaryl/α,β-unsaturated/α-hetero) is 1. The zero-order valence-electron chi connectivity index (χ0n) is 24.7. The SMILES string of the molecule is CC(=O)CCC(=O)O.CF.O=CO.O=Cc1ccc(CO)o1.OCC1OC(O)(CO)C(O)C1O.OC[C@H]1O[C@H](O)[C@H](O)[C@@H](O)[C@@H]1O. The summed E-state index contributed by atoms with van der Waals surface area (Å²) in [6.07, 6.45) is -10.4. The standard InChI is InChI=1S/2C6H12O6.C6H6O3.C5H8O3.CH3F.CH2O2/c7-1-3-4(9)5(10)6(11,2-8)12-3;7-1-2-3(8)4(9)5(10)6(11)12-2;7-3-5-1-2-6(4-8)9-5;1-4(6)2-3-5(7)8;1-2;2-1-3/h3-5,7-11H,1-2H2;2-11H,1H2;1-3,8H,4H2;2-3H2,1H3,(H,7,8);1H3;1H,(H,2,3)/t;2-,3-,4+,5-,6+;;;;/m.1..../s1. The molecule has 13 N–H and O–H groups in total. The van der Waals surface area contributed by atoms with Crippen molar-refractivity contribution < 1.29 is 104 Å². The fourth-order valence-corrected chi connectivity index (χ4v) is 3.06. The number of carbonyl (C=O) groups excluding carboxylic acids is 2. The molecule has 0 saturated carbocycles. The summed E-state index contributed by atoms with van der Waals surface area (Å²) in [6.45, 7) is -0.916. The molecule has 21 heteroatoms. The van der Waals surface area contributed by atoms with E-state index in [0.29, 0.717) is 19.2 Å². The first-order valence-electron chi connectivity index (χ1n) is 12.8. The first-order valence-corrected chi connectivity index (χ1v) is 12.8. The van der Waals surface area contributed by atoms with Crippen molar-refractivity contribution in [2.75, 3.05) is 27.0 Å². The molecule has 0 aromatic carbocycles. The van der Waals surface area contributed by atoms with E-state index >= 15 is 0 Å². The summed E-state index contributed by atoms with van der Waals surface area (Å²) >= 11 is 0. The third-order valence-corrected chi connectivity index (χ3v) is 5.44. The Balaban J connectivity index is -0.000000517. The Morgan fingerprint density at radius 1 is 0.870 bits per heavy atom. The number of alkyl halides is 1. The van der Waals surface area contributed by atoms with Gasteiger partial charge >= 0.3 is 5.97 Å². The van der Waals surface area contributed by atoms with Crippen molar-refractivity contribution in [2.24, 2.45) is 0 Å². The summed E-state index contributed by atoms with van der Waals surface area (Å²) in [5, 5.41) is 113. The van der Waals surface area contributed by atoms with Crippen LogP contribution < -0.4 is 0 Å². The molecule has 4 unspecified atom stereocenters. The van der Waals surface area contributed by atoms with E-state index in [-0.39, 0.29) is 37.5 Å². The lowest BCUT2D eigenvalue weighted by atomic mass is 10.00. The molecule has 9 atom stereocenters. The van der Waals surface area contributed by atoms with Gasteiger partial charge in [-0.25, -0.2) is 0 Å². The molecule has 0 spiro atoms. The molecule has 0 amide bonds. The molecule has 2 aliphatic rings. The van der Waals surface area contributed by atoms with E-state index in [1.165, 1.54) is 13.0 Å². The number of furan rings is 1. The molecule has 3 heterocycles. The number of rotatable bonds is 8. The monoisotopic (exact) mass is 682 g/mol. The number of ketones is 1. The summed E-state index contributed by atoms with van der Waals surface area (Å²) < 4.78 is 23.5. The van der Waals surface area contributed by atoms with E-state index in [9.17, 15) is 23.9 Å². The van der Waals surface area contributed by atoms with Gasteiger partial charge in [-0.15, -0.1) is 0 Å². The van der Waals surface area contributed by atoms with Crippen molar-refractivity contribution in [3.63, 3.8) is 0 Å². The van der Waals surface area contributed by atoms with Crippen LogP contribution in [0.15, 0.2) is 16.5 Å². The summed E-state index contributed by atoms with van der Waals surface area (Å²) in [4.78, 5) is 38.2. The van der Waals surface area contributed by atoms with Crippen LogP contribution in [0.2, 0.25) is 0 Å². The van der Waals surface area contributed by atoms with Gasteiger partial charge in [0.1, 0.15) is 60.9 Å². The molecule has 0 bridgehead atoms. The van der Waals surface area contributed by atoms with E-state index in [2.05, 4.69) is 9.47 Å². The zero-order chi connectivity index (χ0) is 36.6. The van der Waals surface area contributed by atoms with Gasteiger partial charge in [0.25, 0.3) is 6.47 Å². The largest absolute Gasteiger partial charge is 0.483 e. The highest BCUT2D eigenvalue weighted by molar-refractivity contribution is 5.80. The van der Waals surface area contributed by atoms with Gasteiger partial charge in [0.05, 0.1) is 33.4 Å². The van der Waals surface area contributed by atoms with Crippen molar-refractivity contribution in [3.8, 4) is 0 Å². The molecule has 3 rings (SSSR count).